The molecule has 0 aliphatic carbocycles. The SMILES string of the molecule is CCc1cccc(Nc2nc(Cl)nc(-n3cncn3)n2)c1. The molecule has 106 valence electrons. The van der Waals surface area contributed by atoms with Crippen molar-refractivity contribution in [2.24, 2.45) is 0 Å². The number of aryl methyl sites for hydroxylation is 1. The molecule has 0 saturated carbocycles. The molecule has 0 radical (unpaired) electrons. The molecule has 0 fully saturated rings. The molecule has 0 bridgehead atoms. The predicted molar refractivity (Wildman–Crippen MR) is 78.9 cm³/mol. The van der Waals surface area contributed by atoms with Crippen molar-refractivity contribution in [3.8, 4) is 5.95 Å². The molecule has 3 aromatic rings. The van der Waals surface area contributed by atoms with E-state index in [2.05, 4.69) is 43.3 Å². The average molecular weight is 302 g/mol. The number of nitrogens with one attached hydrogen (secondary N) is 1. The van der Waals surface area contributed by atoms with Crippen LogP contribution >= 0.6 is 11.6 Å². The van der Waals surface area contributed by atoms with Gasteiger partial charge in [-0.15, -0.1) is 0 Å². The zero-order valence-electron chi connectivity index (χ0n) is 11.2. The van der Waals surface area contributed by atoms with Crippen molar-refractivity contribution in [3.63, 3.8) is 0 Å². The third-order valence-corrected chi connectivity index (χ3v) is 2.98. The molecule has 1 N–H and O–H groups in total. The van der Waals surface area contributed by atoms with Crippen LogP contribution in [-0.2, 0) is 6.42 Å². The van der Waals surface area contributed by atoms with E-state index in [0.29, 0.717) is 11.9 Å². The lowest BCUT2D eigenvalue weighted by atomic mass is 10.1. The second-order valence-corrected chi connectivity index (χ2v) is 4.59. The third-order valence-electron chi connectivity index (χ3n) is 2.81. The minimum atomic E-state index is 0.0876. The maximum atomic E-state index is 5.93. The van der Waals surface area contributed by atoms with E-state index in [4.69, 9.17) is 11.6 Å². The van der Waals surface area contributed by atoms with E-state index < -0.39 is 0 Å². The minimum Gasteiger partial charge on any atom is -0.324 e. The fourth-order valence-corrected chi connectivity index (χ4v) is 1.96. The third kappa shape index (κ3) is 3.14. The normalized spacial score (nSPS) is 10.6. The minimum absolute atomic E-state index is 0.0876. The molecule has 0 unspecified atom stereocenters. The van der Waals surface area contributed by atoms with E-state index >= 15 is 0 Å². The number of aromatic nitrogens is 6. The first-order valence-electron chi connectivity index (χ1n) is 6.37. The maximum absolute atomic E-state index is 5.93. The molecular weight excluding hydrogens is 290 g/mol. The molecule has 2 aromatic heterocycles. The molecule has 3 rings (SSSR count). The Balaban J connectivity index is 1.91. The summed E-state index contributed by atoms with van der Waals surface area (Å²) in [7, 11) is 0. The van der Waals surface area contributed by atoms with Gasteiger partial charge in [-0.3, -0.25) is 0 Å². The average Bonchev–Trinajstić information content (AvgIpc) is 3.01. The predicted octanol–water partition coefficient (Wildman–Crippen LogP) is 2.41. The van der Waals surface area contributed by atoms with Gasteiger partial charge in [0.25, 0.3) is 5.95 Å². The van der Waals surface area contributed by atoms with Gasteiger partial charge in [0.05, 0.1) is 0 Å². The topological polar surface area (TPSA) is 81.4 Å². The highest BCUT2D eigenvalue weighted by atomic mass is 35.5. The molecule has 0 saturated heterocycles. The largest absolute Gasteiger partial charge is 0.324 e. The Morgan fingerprint density at radius 2 is 2.14 bits per heavy atom. The number of anilines is 2. The lowest BCUT2D eigenvalue weighted by Crippen LogP contribution is -2.07. The molecule has 8 heteroatoms. The zero-order chi connectivity index (χ0) is 14.7. The van der Waals surface area contributed by atoms with Crippen LogP contribution in [0.5, 0.6) is 0 Å². The molecule has 7 nitrogen and oxygen atoms in total. The van der Waals surface area contributed by atoms with Crippen LogP contribution in [0.1, 0.15) is 12.5 Å². The van der Waals surface area contributed by atoms with Crippen LogP contribution in [0.25, 0.3) is 5.95 Å². The summed E-state index contributed by atoms with van der Waals surface area (Å²) in [5, 5.41) is 7.17. The lowest BCUT2D eigenvalue weighted by molar-refractivity contribution is 0.796. The monoisotopic (exact) mass is 301 g/mol. The van der Waals surface area contributed by atoms with Gasteiger partial charge in [0, 0.05) is 5.69 Å². The highest BCUT2D eigenvalue weighted by molar-refractivity contribution is 6.28. The van der Waals surface area contributed by atoms with Gasteiger partial charge in [-0.25, -0.2) is 4.98 Å². The molecule has 0 aliphatic heterocycles. The number of rotatable bonds is 4. The van der Waals surface area contributed by atoms with Crippen LogP contribution < -0.4 is 5.32 Å². The van der Waals surface area contributed by atoms with Crippen molar-refractivity contribution in [1.29, 1.82) is 0 Å². The van der Waals surface area contributed by atoms with Gasteiger partial charge >= 0.3 is 0 Å². The summed E-state index contributed by atoms with van der Waals surface area (Å²) >= 11 is 5.93. The summed E-state index contributed by atoms with van der Waals surface area (Å²) in [5.74, 6) is 0.662. The van der Waals surface area contributed by atoms with E-state index in [1.54, 1.807) is 0 Å². The van der Waals surface area contributed by atoms with E-state index in [-0.39, 0.29) is 5.28 Å². The Hall–Kier alpha value is -2.54. The van der Waals surface area contributed by atoms with Crippen LogP contribution in [0, 0.1) is 0 Å². The van der Waals surface area contributed by atoms with Crippen molar-refractivity contribution in [2.45, 2.75) is 13.3 Å². The Morgan fingerprint density at radius 1 is 1.24 bits per heavy atom. The van der Waals surface area contributed by atoms with E-state index in [0.717, 1.165) is 12.1 Å². The van der Waals surface area contributed by atoms with Crippen molar-refractivity contribution in [2.75, 3.05) is 5.32 Å². The lowest BCUT2D eigenvalue weighted by Gasteiger charge is -2.07. The molecular formula is C13H12ClN7. The summed E-state index contributed by atoms with van der Waals surface area (Å²) < 4.78 is 1.42. The Morgan fingerprint density at radius 3 is 2.90 bits per heavy atom. The fraction of sp³-hybridized carbons (Fsp3) is 0.154. The van der Waals surface area contributed by atoms with Gasteiger partial charge in [0.1, 0.15) is 12.7 Å². The van der Waals surface area contributed by atoms with E-state index in [1.807, 2.05) is 18.2 Å². The summed E-state index contributed by atoms with van der Waals surface area (Å²) in [6.07, 6.45) is 3.85. The maximum Gasteiger partial charge on any atom is 0.258 e. The zero-order valence-corrected chi connectivity index (χ0v) is 12.0. The van der Waals surface area contributed by atoms with Crippen LogP contribution in [0.2, 0.25) is 5.28 Å². The van der Waals surface area contributed by atoms with Crippen LogP contribution in [-0.4, -0.2) is 29.7 Å². The summed E-state index contributed by atoms with van der Waals surface area (Å²) in [6, 6.07) is 8.01. The highest BCUT2D eigenvalue weighted by Crippen LogP contribution is 2.17. The first-order chi connectivity index (χ1) is 10.2. The van der Waals surface area contributed by atoms with Gasteiger partial charge in [-0.2, -0.15) is 24.7 Å². The van der Waals surface area contributed by atoms with Crippen molar-refractivity contribution in [3.05, 3.63) is 47.8 Å². The Labute approximate surface area is 126 Å². The second-order valence-electron chi connectivity index (χ2n) is 4.25. The number of hydrogen-bond donors (Lipinski definition) is 1. The first kappa shape index (κ1) is 13.4. The molecule has 0 amide bonds. The smallest absolute Gasteiger partial charge is 0.258 e. The van der Waals surface area contributed by atoms with Crippen LogP contribution in [0.4, 0.5) is 11.6 Å². The van der Waals surface area contributed by atoms with Crippen LogP contribution in [0.3, 0.4) is 0 Å². The second kappa shape index (κ2) is 5.84. The highest BCUT2D eigenvalue weighted by Gasteiger charge is 2.08. The van der Waals surface area contributed by atoms with Crippen LogP contribution in [0.15, 0.2) is 36.9 Å². The van der Waals surface area contributed by atoms with Crippen molar-refractivity contribution < 1.29 is 0 Å². The van der Waals surface area contributed by atoms with Gasteiger partial charge in [-0.05, 0) is 35.7 Å². The molecule has 1 aromatic carbocycles. The van der Waals surface area contributed by atoms with Gasteiger partial charge in [0.15, 0.2) is 0 Å². The van der Waals surface area contributed by atoms with E-state index in [9.17, 15) is 0 Å². The molecule has 0 aliphatic rings. The fourth-order valence-electron chi connectivity index (χ4n) is 1.81. The van der Waals surface area contributed by atoms with Crippen molar-refractivity contribution >= 4 is 23.2 Å². The quantitative estimate of drug-likeness (QED) is 0.797. The summed E-state index contributed by atoms with van der Waals surface area (Å²) in [5.41, 5.74) is 2.11. The number of benzene rings is 1. The number of halogens is 1. The van der Waals surface area contributed by atoms with Crippen molar-refractivity contribution in [1.82, 2.24) is 29.7 Å². The standard InChI is InChI=1S/C13H12ClN7/c1-2-9-4-3-5-10(6-9)17-12-18-11(14)19-13(20-12)21-8-15-7-16-21/h3-8H,2H2,1H3,(H,17,18,19,20). The van der Waals surface area contributed by atoms with E-state index in [1.165, 1.54) is 22.9 Å². The number of nitrogens with zero attached hydrogens (tertiary/aromatic N) is 6. The first-order valence-corrected chi connectivity index (χ1v) is 6.75. The Kier molecular flexibility index (Phi) is 3.74. The van der Waals surface area contributed by atoms with Gasteiger partial charge in [-0.1, -0.05) is 19.1 Å². The van der Waals surface area contributed by atoms with Gasteiger partial charge in [0.2, 0.25) is 11.2 Å². The molecule has 0 spiro atoms. The summed E-state index contributed by atoms with van der Waals surface area (Å²) in [4.78, 5) is 16.2. The molecule has 2 heterocycles. The summed E-state index contributed by atoms with van der Waals surface area (Å²) in [6.45, 7) is 2.10. The number of hydrogen-bond acceptors (Lipinski definition) is 6. The molecule has 21 heavy (non-hydrogen) atoms. The van der Waals surface area contributed by atoms with Gasteiger partial charge < -0.3 is 5.32 Å². The molecule has 0 atom stereocenters. The Bertz CT molecular complexity index is 742.